The zero-order valence-electron chi connectivity index (χ0n) is 15.1. The lowest BCUT2D eigenvalue weighted by Crippen LogP contribution is -2.73. The minimum absolute atomic E-state index is 0.132. The largest absolute Gasteiger partial charge is 0.480 e. The molecule has 3 atom stereocenters. The quantitative estimate of drug-likeness (QED) is 0.465. The monoisotopic (exact) mass is 448 g/mol. The summed E-state index contributed by atoms with van der Waals surface area (Å²) in [6.45, 7) is 0.135. The normalized spacial score (nSPS) is 26.6. The number of aliphatic carboxylic acids is 1. The molecule has 2 fully saturated rings. The third kappa shape index (κ3) is 2.77. The van der Waals surface area contributed by atoms with Gasteiger partial charge in [-0.2, -0.15) is 0 Å². The van der Waals surface area contributed by atoms with Gasteiger partial charge in [0.15, 0.2) is 0 Å². The van der Waals surface area contributed by atoms with Gasteiger partial charge in [0.25, 0.3) is 0 Å². The van der Waals surface area contributed by atoms with Gasteiger partial charge in [-0.05, 0) is 12.1 Å². The van der Waals surface area contributed by atoms with Crippen molar-refractivity contribution < 1.29 is 19.1 Å². The molecule has 2 saturated heterocycles. The predicted molar refractivity (Wildman–Crippen MR) is 115 cm³/mol. The Balaban J connectivity index is 1.60. The summed E-state index contributed by atoms with van der Waals surface area (Å²) in [5.74, 6) is -0.428. The summed E-state index contributed by atoms with van der Waals surface area (Å²) in [7, 11) is 0. The number of amides is 1. The molecule has 9 heteroatoms. The van der Waals surface area contributed by atoms with Crippen LogP contribution in [0.15, 0.2) is 45.7 Å². The first kappa shape index (κ1) is 19.1. The molecule has 1 unspecified atom stereocenters. The van der Waals surface area contributed by atoms with E-state index in [2.05, 4.69) is 0 Å². The van der Waals surface area contributed by atoms with E-state index >= 15 is 0 Å². The summed E-state index contributed by atoms with van der Waals surface area (Å²) in [5, 5.41) is 11.8. The van der Waals surface area contributed by atoms with Gasteiger partial charge in [-0.25, -0.2) is 0 Å². The summed E-state index contributed by atoms with van der Waals surface area (Å²) < 4.78 is 4.89. The molecule has 3 N–H and O–H groups in total. The minimum atomic E-state index is -1.15. The topological polar surface area (TPSA) is 96.8 Å². The van der Waals surface area contributed by atoms with Gasteiger partial charge in [0.05, 0.1) is 5.88 Å². The number of nitrogens with zero attached hydrogens (tertiary/aromatic N) is 1. The van der Waals surface area contributed by atoms with Gasteiger partial charge < -0.3 is 20.2 Å². The molecule has 1 aromatic heterocycles. The maximum Gasteiger partial charge on any atom is 0.322 e. The number of carbonyl (C=O) groups is 2. The first-order chi connectivity index (χ1) is 13.9. The maximum atomic E-state index is 12.3. The van der Waals surface area contributed by atoms with Crippen LogP contribution in [-0.4, -0.2) is 50.3 Å². The van der Waals surface area contributed by atoms with Crippen molar-refractivity contribution >= 4 is 68.9 Å². The van der Waals surface area contributed by atoms with E-state index in [0.717, 1.165) is 26.8 Å². The molecule has 0 saturated carbocycles. The number of fused-ring (bicyclic) bond motifs is 4. The highest BCUT2D eigenvalue weighted by Gasteiger charge is 2.56. The molecule has 1 amide bonds. The number of furan rings is 1. The van der Waals surface area contributed by atoms with Crippen molar-refractivity contribution in [3.8, 4) is 0 Å². The van der Waals surface area contributed by atoms with Gasteiger partial charge in [-0.15, -0.1) is 35.1 Å². The molecule has 6 nitrogen and oxygen atoms in total. The van der Waals surface area contributed by atoms with E-state index < -0.39 is 16.8 Å². The van der Waals surface area contributed by atoms with Crippen LogP contribution in [0.3, 0.4) is 0 Å². The minimum Gasteiger partial charge on any atom is -0.480 e. The van der Waals surface area contributed by atoms with E-state index in [0.29, 0.717) is 17.2 Å². The fourth-order valence-electron chi connectivity index (χ4n) is 3.96. The van der Waals surface area contributed by atoms with Crippen molar-refractivity contribution in [1.29, 1.82) is 0 Å². The number of hydrogen-bond acceptors (Lipinski definition) is 6. The third-order valence-electron chi connectivity index (χ3n) is 5.50. The molecule has 0 radical (unpaired) electrons. The van der Waals surface area contributed by atoms with Gasteiger partial charge in [0, 0.05) is 33.5 Å². The summed E-state index contributed by atoms with van der Waals surface area (Å²) in [6, 6.07) is 10.9. The van der Waals surface area contributed by atoms with Gasteiger partial charge in [-0.3, -0.25) is 9.59 Å². The predicted octanol–water partition coefficient (Wildman–Crippen LogP) is 3.48. The Morgan fingerprint density at radius 3 is 2.93 bits per heavy atom. The van der Waals surface area contributed by atoms with E-state index in [4.69, 9.17) is 21.8 Å². The molecular weight excluding hydrogens is 432 g/mol. The molecule has 2 aromatic carbocycles. The maximum absolute atomic E-state index is 12.3. The molecule has 5 rings (SSSR count). The van der Waals surface area contributed by atoms with Crippen LogP contribution in [0, 0.1) is 0 Å². The van der Waals surface area contributed by atoms with Crippen LogP contribution in [0.25, 0.3) is 21.9 Å². The molecular formula is C20H17ClN2O4S2. The third-order valence-corrected chi connectivity index (χ3v) is 8.92. The van der Waals surface area contributed by atoms with Gasteiger partial charge in [0.2, 0.25) is 5.91 Å². The second-order valence-electron chi connectivity index (χ2n) is 7.25. The van der Waals surface area contributed by atoms with Crippen LogP contribution in [0.5, 0.6) is 0 Å². The summed E-state index contributed by atoms with van der Waals surface area (Å²) in [5.41, 5.74) is 8.15. The molecule has 0 bridgehead atoms. The molecule has 0 aliphatic carbocycles. The zero-order chi connectivity index (χ0) is 20.3. The first-order valence-corrected chi connectivity index (χ1v) is 11.4. The zero-order valence-corrected chi connectivity index (χ0v) is 17.5. The number of carboxylic acids is 1. The fourth-order valence-corrected chi connectivity index (χ4v) is 7.12. The summed E-state index contributed by atoms with van der Waals surface area (Å²) >= 11 is 8.77. The Morgan fingerprint density at radius 2 is 2.17 bits per heavy atom. The highest BCUT2D eigenvalue weighted by molar-refractivity contribution is 8.05. The first-order valence-electron chi connectivity index (χ1n) is 9.04. The van der Waals surface area contributed by atoms with Crippen molar-refractivity contribution in [3.05, 3.63) is 42.0 Å². The summed E-state index contributed by atoms with van der Waals surface area (Å²) in [4.78, 5) is 26.9. The van der Waals surface area contributed by atoms with Crippen LogP contribution >= 0.6 is 35.1 Å². The number of alkyl halides is 1. The van der Waals surface area contributed by atoms with Crippen molar-refractivity contribution in [2.75, 3.05) is 12.3 Å². The van der Waals surface area contributed by atoms with Gasteiger partial charge in [-0.1, -0.05) is 24.3 Å². The Labute approximate surface area is 179 Å². The average molecular weight is 449 g/mol. The number of benzene rings is 2. The molecule has 3 aromatic rings. The summed E-state index contributed by atoms with van der Waals surface area (Å²) in [6.07, 6.45) is 0. The van der Waals surface area contributed by atoms with E-state index in [1.165, 1.54) is 23.5 Å². The highest BCUT2D eigenvalue weighted by Crippen LogP contribution is 2.48. The molecule has 2 aliphatic heterocycles. The lowest BCUT2D eigenvalue weighted by Gasteiger charge is -2.52. The van der Waals surface area contributed by atoms with Crippen molar-refractivity contribution in [3.63, 3.8) is 0 Å². The van der Waals surface area contributed by atoms with Gasteiger partial charge >= 0.3 is 5.97 Å². The van der Waals surface area contributed by atoms with Crippen molar-refractivity contribution in [2.45, 2.75) is 26.9 Å². The SMILES string of the molecule is N[C@@H]1C(=O)N2CC(Sc3cccc4oc5c(CCl)cccc5c34)(C(=O)O)CS[C@H]12. The number of hydrogen-bond donors (Lipinski definition) is 2. The number of thioether (sulfide) groups is 2. The van der Waals surface area contributed by atoms with E-state index in [-0.39, 0.29) is 17.8 Å². The number of rotatable bonds is 4. The molecule has 0 spiro atoms. The van der Waals surface area contributed by atoms with Crippen LogP contribution < -0.4 is 5.73 Å². The number of carbonyl (C=O) groups excluding carboxylic acids is 1. The lowest BCUT2D eigenvalue weighted by atomic mass is 10.0. The number of halogens is 1. The molecule has 2 aliphatic rings. The Bertz CT molecular complexity index is 1170. The number of para-hydroxylation sites is 1. The Kier molecular flexibility index (Phi) is 4.51. The number of nitrogens with two attached hydrogens (primary N) is 1. The second kappa shape index (κ2) is 6.84. The van der Waals surface area contributed by atoms with E-state index in [1.54, 1.807) is 4.90 Å². The van der Waals surface area contributed by atoms with Crippen molar-refractivity contribution in [1.82, 2.24) is 4.90 Å². The number of β-lactam (4-membered cyclic amide) rings is 1. The van der Waals surface area contributed by atoms with E-state index in [1.807, 2.05) is 36.4 Å². The fraction of sp³-hybridized carbons (Fsp3) is 0.300. The van der Waals surface area contributed by atoms with Crippen LogP contribution in [0.2, 0.25) is 0 Å². The average Bonchev–Trinajstić information content (AvgIpc) is 3.12. The van der Waals surface area contributed by atoms with Crippen LogP contribution in [0.4, 0.5) is 0 Å². The van der Waals surface area contributed by atoms with E-state index in [9.17, 15) is 14.7 Å². The highest BCUT2D eigenvalue weighted by atomic mass is 35.5. The Morgan fingerprint density at radius 1 is 1.38 bits per heavy atom. The van der Waals surface area contributed by atoms with Crippen molar-refractivity contribution in [2.24, 2.45) is 5.73 Å². The lowest BCUT2D eigenvalue weighted by molar-refractivity contribution is -0.148. The molecule has 29 heavy (non-hydrogen) atoms. The second-order valence-corrected chi connectivity index (χ2v) is 10.1. The standard InChI is InChI=1S/C20H17ClN2O4S2/c21-7-10-3-1-4-11-14-12(27-16(10)11)5-2-6-13(14)29-20(19(25)26)8-23-17(24)15(22)18(23)28-9-20/h1-6,15,18H,7-9,22H2,(H,25,26)/t15-,18-,20?/m1/s1. The Hall–Kier alpha value is -1.87. The molecule has 150 valence electrons. The smallest absolute Gasteiger partial charge is 0.322 e. The van der Waals surface area contributed by atoms with Gasteiger partial charge in [0.1, 0.15) is 27.3 Å². The number of carboxylic acid groups (broad SMARTS) is 1. The molecule has 3 heterocycles. The van der Waals surface area contributed by atoms with Crippen LogP contribution in [-0.2, 0) is 15.5 Å². The van der Waals surface area contributed by atoms with Crippen LogP contribution in [0.1, 0.15) is 5.56 Å².